The number of rotatable bonds is 7. The lowest BCUT2D eigenvalue weighted by atomic mass is 10.3. The Balaban J connectivity index is 1.96. The van der Waals surface area contributed by atoms with E-state index in [0.29, 0.717) is 33.3 Å². The first-order valence-electron chi connectivity index (χ1n) is 7.19. The van der Waals surface area contributed by atoms with E-state index in [1.54, 1.807) is 30.3 Å². The van der Waals surface area contributed by atoms with Crippen LogP contribution in [0.25, 0.3) is 0 Å². The van der Waals surface area contributed by atoms with E-state index in [2.05, 4.69) is 27.8 Å². The van der Waals surface area contributed by atoms with Crippen molar-refractivity contribution in [2.24, 2.45) is 0 Å². The maximum Gasteiger partial charge on any atom is 0.262 e. The zero-order chi connectivity index (χ0) is 17.5. The van der Waals surface area contributed by atoms with Gasteiger partial charge in [-0.05, 0) is 58.8 Å². The minimum absolute atomic E-state index is 0.130. The molecule has 0 aromatic heterocycles. The average Bonchev–Trinajstić information content (AvgIpc) is 2.53. The van der Waals surface area contributed by atoms with Gasteiger partial charge in [0.1, 0.15) is 18.1 Å². The number of hydrogen-bond acceptors (Lipinski definition) is 3. The lowest BCUT2D eigenvalue weighted by molar-refractivity contribution is -0.118. The van der Waals surface area contributed by atoms with Crippen molar-refractivity contribution < 1.29 is 14.3 Å². The van der Waals surface area contributed by atoms with Crippen molar-refractivity contribution in [2.75, 3.05) is 18.5 Å². The molecule has 0 aliphatic heterocycles. The molecule has 1 N–H and O–H groups in total. The minimum atomic E-state index is -0.289. The molecule has 0 bridgehead atoms. The second kappa shape index (κ2) is 8.76. The topological polar surface area (TPSA) is 47.6 Å². The number of ether oxygens (including phenoxy) is 2. The second-order valence-electron chi connectivity index (χ2n) is 5.15. The van der Waals surface area contributed by atoms with Crippen LogP contribution in [0, 0.1) is 0 Å². The number of amides is 1. The van der Waals surface area contributed by atoms with Gasteiger partial charge < -0.3 is 14.8 Å². The highest BCUT2D eigenvalue weighted by molar-refractivity contribution is 9.10. The largest absolute Gasteiger partial charge is 0.487 e. The standard InChI is InChI=1S/C18H17BrClNO3/c1-12(2)10-23-17-6-4-3-5-15(17)21-18(22)11-24-16-8-7-13(20)9-14(16)19/h3-9H,1,10-11H2,2H3,(H,21,22). The summed E-state index contributed by atoms with van der Waals surface area (Å²) in [5.74, 6) is 0.839. The molecule has 2 rings (SSSR count). The molecule has 2 aromatic rings. The van der Waals surface area contributed by atoms with Crippen LogP contribution in [0.2, 0.25) is 5.02 Å². The Morgan fingerprint density at radius 2 is 1.88 bits per heavy atom. The number of nitrogens with one attached hydrogen (secondary N) is 1. The van der Waals surface area contributed by atoms with Gasteiger partial charge in [0, 0.05) is 5.02 Å². The van der Waals surface area contributed by atoms with Crippen LogP contribution in [0.5, 0.6) is 11.5 Å². The zero-order valence-electron chi connectivity index (χ0n) is 13.1. The number of benzene rings is 2. The maximum absolute atomic E-state index is 12.1. The van der Waals surface area contributed by atoms with E-state index in [1.165, 1.54) is 0 Å². The Kier molecular flexibility index (Phi) is 6.70. The zero-order valence-corrected chi connectivity index (χ0v) is 15.5. The van der Waals surface area contributed by atoms with Gasteiger partial charge in [0.15, 0.2) is 6.61 Å². The molecule has 6 heteroatoms. The Morgan fingerprint density at radius 3 is 2.58 bits per heavy atom. The molecule has 1 amide bonds. The number of anilines is 1. The fourth-order valence-corrected chi connectivity index (χ4v) is 2.62. The van der Waals surface area contributed by atoms with Gasteiger partial charge in [0.05, 0.1) is 10.2 Å². The van der Waals surface area contributed by atoms with Crippen LogP contribution in [0.3, 0.4) is 0 Å². The maximum atomic E-state index is 12.1. The number of carbonyl (C=O) groups excluding carboxylic acids is 1. The van der Waals surface area contributed by atoms with Crippen molar-refractivity contribution in [3.8, 4) is 11.5 Å². The Bertz CT molecular complexity index is 749. The molecular weight excluding hydrogens is 394 g/mol. The predicted octanol–water partition coefficient (Wildman–Crippen LogP) is 5.07. The summed E-state index contributed by atoms with van der Waals surface area (Å²) in [5, 5.41) is 3.36. The number of hydrogen-bond donors (Lipinski definition) is 1. The van der Waals surface area contributed by atoms with Crippen LogP contribution in [-0.2, 0) is 4.79 Å². The SMILES string of the molecule is C=C(C)COc1ccccc1NC(=O)COc1ccc(Cl)cc1Br. The minimum Gasteiger partial charge on any atom is -0.487 e. The van der Waals surface area contributed by atoms with Gasteiger partial charge in [-0.1, -0.05) is 30.3 Å². The first-order valence-corrected chi connectivity index (χ1v) is 8.36. The predicted molar refractivity (Wildman–Crippen MR) is 100 cm³/mol. The van der Waals surface area contributed by atoms with Crippen molar-refractivity contribution in [3.05, 3.63) is 64.1 Å². The molecule has 0 aliphatic carbocycles. The highest BCUT2D eigenvalue weighted by Gasteiger charge is 2.10. The Labute approximate surface area is 154 Å². The van der Waals surface area contributed by atoms with Crippen LogP contribution in [0.1, 0.15) is 6.92 Å². The van der Waals surface area contributed by atoms with E-state index in [4.69, 9.17) is 21.1 Å². The molecule has 2 aromatic carbocycles. The summed E-state index contributed by atoms with van der Waals surface area (Å²) in [6.07, 6.45) is 0. The molecule has 24 heavy (non-hydrogen) atoms. The molecule has 0 unspecified atom stereocenters. The number of para-hydroxylation sites is 2. The lowest BCUT2D eigenvalue weighted by Gasteiger charge is -2.13. The summed E-state index contributed by atoms with van der Waals surface area (Å²) < 4.78 is 11.8. The molecular formula is C18H17BrClNO3. The summed E-state index contributed by atoms with van der Waals surface area (Å²) in [6, 6.07) is 12.3. The molecule has 0 aliphatic rings. The Hall–Kier alpha value is -1.98. The van der Waals surface area contributed by atoms with E-state index in [9.17, 15) is 4.79 Å². The molecule has 0 atom stereocenters. The highest BCUT2D eigenvalue weighted by atomic mass is 79.9. The summed E-state index contributed by atoms with van der Waals surface area (Å²) in [4.78, 5) is 12.1. The van der Waals surface area contributed by atoms with Crippen molar-refractivity contribution in [1.82, 2.24) is 0 Å². The van der Waals surface area contributed by atoms with Crippen LogP contribution in [0.15, 0.2) is 59.1 Å². The fourth-order valence-electron chi connectivity index (χ4n) is 1.82. The van der Waals surface area contributed by atoms with E-state index >= 15 is 0 Å². The van der Waals surface area contributed by atoms with Gasteiger partial charge in [-0.15, -0.1) is 0 Å². The molecule has 0 heterocycles. The van der Waals surface area contributed by atoms with Crippen molar-refractivity contribution in [2.45, 2.75) is 6.92 Å². The summed E-state index contributed by atoms with van der Waals surface area (Å²) in [5.41, 5.74) is 1.48. The highest BCUT2D eigenvalue weighted by Crippen LogP contribution is 2.28. The summed E-state index contributed by atoms with van der Waals surface area (Å²) in [6.45, 7) is 5.93. The van der Waals surface area contributed by atoms with Crippen LogP contribution < -0.4 is 14.8 Å². The third-order valence-electron chi connectivity index (χ3n) is 2.89. The van der Waals surface area contributed by atoms with Gasteiger partial charge in [0.2, 0.25) is 0 Å². The van der Waals surface area contributed by atoms with E-state index in [1.807, 2.05) is 19.1 Å². The van der Waals surface area contributed by atoms with Crippen molar-refractivity contribution >= 4 is 39.1 Å². The number of halogens is 2. The van der Waals surface area contributed by atoms with Gasteiger partial charge in [-0.2, -0.15) is 0 Å². The normalized spacial score (nSPS) is 10.1. The monoisotopic (exact) mass is 409 g/mol. The van der Waals surface area contributed by atoms with Gasteiger partial charge in [-0.25, -0.2) is 0 Å². The molecule has 0 saturated heterocycles. The van der Waals surface area contributed by atoms with E-state index in [0.717, 1.165) is 5.57 Å². The number of carbonyl (C=O) groups is 1. The third-order valence-corrected chi connectivity index (χ3v) is 3.74. The molecule has 4 nitrogen and oxygen atoms in total. The van der Waals surface area contributed by atoms with Crippen LogP contribution in [-0.4, -0.2) is 19.1 Å². The van der Waals surface area contributed by atoms with Gasteiger partial charge in [0.25, 0.3) is 5.91 Å². The van der Waals surface area contributed by atoms with E-state index in [-0.39, 0.29) is 12.5 Å². The van der Waals surface area contributed by atoms with Crippen molar-refractivity contribution in [3.63, 3.8) is 0 Å². The van der Waals surface area contributed by atoms with Gasteiger partial charge >= 0.3 is 0 Å². The van der Waals surface area contributed by atoms with Gasteiger partial charge in [-0.3, -0.25) is 4.79 Å². The first-order chi connectivity index (χ1) is 11.5. The molecule has 0 radical (unpaired) electrons. The van der Waals surface area contributed by atoms with Crippen LogP contribution >= 0.6 is 27.5 Å². The quantitative estimate of drug-likeness (QED) is 0.648. The van der Waals surface area contributed by atoms with Crippen molar-refractivity contribution in [1.29, 1.82) is 0 Å². The third kappa shape index (κ3) is 5.58. The van der Waals surface area contributed by atoms with Crippen LogP contribution in [0.4, 0.5) is 5.69 Å². The fraction of sp³-hybridized carbons (Fsp3) is 0.167. The average molecular weight is 411 g/mol. The molecule has 0 fully saturated rings. The Morgan fingerprint density at radius 1 is 1.17 bits per heavy atom. The molecule has 0 spiro atoms. The van der Waals surface area contributed by atoms with E-state index < -0.39 is 0 Å². The molecule has 0 saturated carbocycles. The smallest absolute Gasteiger partial charge is 0.262 e. The molecule has 126 valence electrons. The second-order valence-corrected chi connectivity index (χ2v) is 6.44. The first kappa shape index (κ1) is 18.4. The summed E-state index contributed by atoms with van der Waals surface area (Å²) >= 11 is 9.21. The lowest BCUT2D eigenvalue weighted by Crippen LogP contribution is -2.20. The summed E-state index contributed by atoms with van der Waals surface area (Å²) in [7, 11) is 0.